The van der Waals surface area contributed by atoms with Crippen LogP contribution in [0.3, 0.4) is 0 Å². The van der Waals surface area contributed by atoms with Gasteiger partial charge in [-0.05, 0) is 42.7 Å². The molecule has 0 spiro atoms. The fourth-order valence-corrected chi connectivity index (χ4v) is 4.30. The van der Waals surface area contributed by atoms with Crippen molar-refractivity contribution in [2.45, 2.75) is 25.9 Å². The predicted octanol–water partition coefficient (Wildman–Crippen LogP) is 2.27. The molecule has 1 atom stereocenters. The molecule has 0 saturated heterocycles. The Bertz CT molecular complexity index is 980. The molecule has 2 aromatic carbocycles. The number of carbonyl (C=O) groups excluding carboxylic acids is 1. The van der Waals surface area contributed by atoms with E-state index in [2.05, 4.69) is 5.32 Å². The van der Waals surface area contributed by atoms with Crippen LogP contribution in [-0.4, -0.2) is 30.4 Å². The van der Waals surface area contributed by atoms with Gasteiger partial charge in [0.05, 0.1) is 17.4 Å². The van der Waals surface area contributed by atoms with Crippen molar-refractivity contribution in [3.63, 3.8) is 0 Å². The molecule has 6 nitrogen and oxygen atoms in total. The number of hydrogen-bond acceptors (Lipinski definition) is 4. The number of amides is 1. The van der Waals surface area contributed by atoms with Crippen LogP contribution in [0, 0.1) is 11.3 Å². The molecule has 26 heavy (non-hydrogen) atoms. The molecule has 1 N–H and O–H groups in total. The molecule has 0 fully saturated rings. The van der Waals surface area contributed by atoms with E-state index in [0.717, 1.165) is 11.1 Å². The Morgan fingerprint density at radius 2 is 1.96 bits per heavy atom. The van der Waals surface area contributed by atoms with Gasteiger partial charge in [-0.3, -0.25) is 4.79 Å². The summed E-state index contributed by atoms with van der Waals surface area (Å²) in [4.78, 5) is 12.8. The summed E-state index contributed by atoms with van der Waals surface area (Å²) in [5.41, 5.74) is 2.79. The maximum Gasteiger partial charge on any atom is 0.243 e. The number of rotatable bonds is 4. The summed E-state index contributed by atoms with van der Waals surface area (Å²) in [6, 6.07) is 15.3. The van der Waals surface area contributed by atoms with Gasteiger partial charge >= 0.3 is 0 Å². The maximum absolute atomic E-state index is 12.8. The lowest BCUT2D eigenvalue weighted by molar-refractivity contribution is -0.120. The topological polar surface area (TPSA) is 90.3 Å². The normalized spacial score (nSPS) is 17.2. The number of nitrogens with one attached hydrogen (secondary N) is 1. The zero-order valence-electron chi connectivity index (χ0n) is 14.3. The van der Waals surface area contributed by atoms with Crippen molar-refractivity contribution in [2.24, 2.45) is 0 Å². The van der Waals surface area contributed by atoms with Gasteiger partial charge in [-0.25, -0.2) is 8.42 Å². The molecule has 0 bridgehead atoms. The molecule has 1 aliphatic rings. The van der Waals surface area contributed by atoms with Gasteiger partial charge in [-0.15, -0.1) is 0 Å². The second-order valence-electron chi connectivity index (χ2n) is 6.12. The van der Waals surface area contributed by atoms with E-state index in [9.17, 15) is 13.2 Å². The zero-order valence-corrected chi connectivity index (χ0v) is 15.2. The van der Waals surface area contributed by atoms with Crippen LogP contribution in [0.4, 0.5) is 5.69 Å². The molecular formula is C19H19N3O3S. The molecule has 3 rings (SSSR count). The molecule has 7 heteroatoms. The smallest absolute Gasteiger partial charge is 0.243 e. The molecule has 0 aromatic heterocycles. The second kappa shape index (κ2) is 7.28. The number of nitriles is 1. The first kappa shape index (κ1) is 18.1. The lowest BCUT2D eigenvalue weighted by atomic mass is 9.95. The minimum absolute atomic E-state index is 0.0666. The fourth-order valence-electron chi connectivity index (χ4n) is 3.07. The standard InChI is InChI=1S/C19H19N3O3S/c1-2-26(24,25)22-13-16-8-4-3-7-15(16)11-18(22)19(23)21-17-9-5-6-14(10-17)12-20/h3-10,18H,2,11,13H2,1H3,(H,21,23)/t18-/m0/s1. The Morgan fingerprint density at radius 3 is 2.65 bits per heavy atom. The quantitative estimate of drug-likeness (QED) is 0.895. The molecule has 1 heterocycles. The SMILES string of the molecule is CCS(=O)(=O)N1Cc2ccccc2C[C@H]1C(=O)Nc1cccc(C#N)c1. The molecule has 2 aromatic rings. The lowest BCUT2D eigenvalue weighted by Gasteiger charge is -2.34. The van der Waals surface area contributed by atoms with E-state index in [-0.39, 0.29) is 12.3 Å². The highest BCUT2D eigenvalue weighted by molar-refractivity contribution is 7.89. The summed E-state index contributed by atoms with van der Waals surface area (Å²) < 4.78 is 26.3. The minimum Gasteiger partial charge on any atom is -0.325 e. The number of sulfonamides is 1. The Hall–Kier alpha value is -2.69. The van der Waals surface area contributed by atoms with Gasteiger partial charge in [0.15, 0.2) is 0 Å². The number of fused-ring (bicyclic) bond motifs is 1. The largest absolute Gasteiger partial charge is 0.325 e. The van der Waals surface area contributed by atoms with Gasteiger partial charge in [0.25, 0.3) is 0 Å². The van der Waals surface area contributed by atoms with Gasteiger partial charge in [-0.2, -0.15) is 9.57 Å². The van der Waals surface area contributed by atoms with Crippen LogP contribution >= 0.6 is 0 Å². The Kier molecular flexibility index (Phi) is 5.07. The van der Waals surface area contributed by atoms with Crippen LogP contribution in [0.15, 0.2) is 48.5 Å². The lowest BCUT2D eigenvalue weighted by Crippen LogP contribution is -2.51. The van der Waals surface area contributed by atoms with Crippen molar-refractivity contribution in [2.75, 3.05) is 11.1 Å². The van der Waals surface area contributed by atoms with Crippen molar-refractivity contribution in [1.82, 2.24) is 4.31 Å². The van der Waals surface area contributed by atoms with Crippen LogP contribution < -0.4 is 5.32 Å². The maximum atomic E-state index is 12.8. The summed E-state index contributed by atoms with van der Waals surface area (Å²) in [6.07, 6.45) is 0.319. The first-order valence-electron chi connectivity index (χ1n) is 8.32. The predicted molar refractivity (Wildman–Crippen MR) is 98.7 cm³/mol. The first-order chi connectivity index (χ1) is 12.4. The van der Waals surface area contributed by atoms with Crippen molar-refractivity contribution in [3.8, 4) is 6.07 Å². The third-order valence-electron chi connectivity index (χ3n) is 4.49. The highest BCUT2D eigenvalue weighted by Gasteiger charge is 2.37. The number of carbonyl (C=O) groups is 1. The van der Waals surface area contributed by atoms with Crippen LogP contribution in [0.5, 0.6) is 0 Å². The van der Waals surface area contributed by atoms with Crippen LogP contribution in [0.1, 0.15) is 23.6 Å². The van der Waals surface area contributed by atoms with E-state index < -0.39 is 22.0 Å². The molecule has 0 radical (unpaired) electrons. The highest BCUT2D eigenvalue weighted by atomic mass is 32.2. The van der Waals surface area contributed by atoms with Crippen molar-refractivity contribution in [3.05, 3.63) is 65.2 Å². The van der Waals surface area contributed by atoms with Crippen molar-refractivity contribution < 1.29 is 13.2 Å². The average Bonchev–Trinajstić information content (AvgIpc) is 2.67. The summed E-state index contributed by atoms with van der Waals surface area (Å²) in [5.74, 6) is -0.463. The first-order valence-corrected chi connectivity index (χ1v) is 9.93. The van der Waals surface area contributed by atoms with E-state index in [4.69, 9.17) is 5.26 Å². The minimum atomic E-state index is -3.54. The van der Waals surface area contributed by atoms with E-state index in [1.54, 1.807) is 31.2 Å². The summed E-state index contributed by atoms with van der Waals surface area (Å²) in [5, 5.41) is 11.7. The molecule has 0 aliphatic carbocycles. The molecule has 0 unspecified atom stereocenters. The number of nitrogens with zero attached hydrogens (tertiary/aromatic N) is 2. The highest BCUT2D eigenvalue weighted by Crippen LogP contribution is 2.27. The summed E-state index contributed by atoms with van der Waals surface area (Å²) in [7, 11) is -3.54. The van der Waals surface area contributed by atoms with E-state index >= 15 is 0 Å². The van der Waals surface area contributed by atoms with Gasteiger partial charge in [0.2, 0.25) is 15.9 Å². The van der Waals surface area contributed by atoms with E-state index in [1.807, 2.05) is 30.3 Å². The number of anilines is 1. The fraction of sp³-hybridized carbons (Fsp3) is 0.263. The third-order valence-corrected chi connectivity index (χ3v) is 6.32. The van der Waals surface area contributed by atoms with Crippen molar-refractivity contribution in [1.29, 1.82) is 5.26 Å². The van der Waals surface area contributed by atoms with E-state index in [1.165, 1.54) is 4.31 Å². The molecule has 1 aliphatic heterocycles. The Balaban J connectivity index is 1.92. The van der Waals surface area contributed by atoms with Crippen LogP contribution in [-0.2, 0) is 27.8 Å². The summed E-state index contributed by atoms with van der Waals surface area (Å²) >= 11 is 0. The summed E-state index contributed by atoms with van der Waals surface area (Å²) in [6.45, 7) is 1.75. The van der Waals surface area contributed by atoms with Gasteiger partial charge in [0.1, 0.15) is 6.04 Å². The number of hydrogen-bond donors (Lipinski definition) is 1. The Labute approximate surface area is 153 Å². The number of benzene rings is 2. The zero-order chi connectivity index (χ0) is 18.7. The average molecular weight is 369 g/mol. The molecular weight excluding hydrogens is 350 g/mol. The van der Waals surface area contributed by atoms with Crippen LogP contribution in [0.25, 0.3) is 0 Å². The van der Waals surface area contributed by atoms with Gasteiger partial charge in [-0.1, -0.05) is 30.3 Å². The third kappa shape index (κ3) is 3.62. The second-order valence-corrected chi connectivity index (χ2v) is 8.33. The molecule has 134 valence electrons. The monoisotopic (exact) mass is 369 g/mol. The van der Waals surface area contributed by atoms with Crippen molar-refractivity contribution >= 4 is 21.6 Å². The van der Waals surface area contributed by atoms with Gasteiger partial charge < -0.3 is 5.32 Å². The van der Waals surface area contributed by atoms with Crippen LogP contribution in [0.2, 0.25) is 0 Å². The van der Waals surface area contributed by atoms with E-state index in [0.29, 0.717) is 17.7 Å². The Morgan fingerprint density at radius 1 is 1.23 bits per heavy atom. The van der Waals surface area contributed by atoms with Gasteiger partial charge in [0, 0.05) is 12.2 Å². The molecule has 1 amide bonds. The molecule has 0 saturated carbocycles.